The van der Waals surface area contributed by atoms with Gasteiger partial charge in [-0.3, -0.25) is 4.79 Å². The highest BCUT2D eigenvalue weighted by atomic mass is 16.3. The van der Waals surface area contributed by atoms with E-state index in [-0.39, 0.29) is 11.7 Å². The molecule has 3 atom stereocenters. The number of carbonyl (C=O) groups excluding carboxylic acids is 1. The zero-order valence-electron chi connectivity index (χ0n) is 11.2. The Morgan fingerprint density at radius 1 is 1.47 bits per heavy atom. The van der Waals surface area contributed by atoms with Crippen LogP contribution in [-0.2, 0) is 4.79 Å². The molecule has 0 unspecified atom stereocenters. The van der Waals surface area contributed by atoms with E-state index >= 15 is 0 Å². The second-order valence-corrected chi connectivity index (χ2v) is 6.04. The van der Waals surface area contributed by atoms with Crippen LogP contribution in [0.2, 0.25) is 0 Å². The van der Waals surface area contributed by atoms with Crippen molar-refractivity contribution >= 4 is 5.78 Å². The van der Waals surface area contributed by atoms with Gasteiger partial charge in [-0.1, -0.05) is 11.1 Å². The van der Waals surface area contributed by atoms with E-state index in [0.717, 1.165) is 36.0 Å². The Bertz CT molecular complexity index is 409. The number of hydrogen-bond donors (Lipinski definition) is 1. The van der Waals surface area contributed by atoms with Gasteiger partial charge in [-0.25, -0.2) is 0 Å². The average Bonchev–Trinajstić information content (AvgIpc) is 2.41. The monoisotopic (exact) mass is 234 g/mol. The summed E-state index contributed by atoms with van der Waals surface area (Å²) in [5.74, 6) is 0.730. The van der Waals surface area contributed by atoms with Crippen molar-refractivity contribution in [2.24, 2.45) is 11.8 Å². The lowest BCUT2D eigenvalue weighted by molar-refractivity contribution is -0.111. The Labute approximate surface area is 103 Å². The summed E-state index contributed by atoms with van der Waals surface area (Å²) in [5, 5.41) is 10.5. The number of fused-ring (bicyclic) bond motifs is 1. The third-order valence-corrected chi connectivity index (χ3v) is 4.51. The lowest BCUT2D eigenvalue weighted by atomic mass is 9.80. The quantitative estimate of drug-likeness (QED) is 0.654. The van der Waals surface area contributed by atoms with E-state index in [1.54, 1.807) is 6.08 Å². The van der Waals surface area contributed by atoms with Gasteiger partial charge < -0.3 is 5.11 Å². The number of carbonyl (C=O) groups is 1. The van der Waals surface area contributed by atoms with Gasteiger partial charge in [0, 0.05) is 0 Å². The van der Waals surface area contributed by atoms with E-state index in [4.69, 9.17) is 0 Å². The molecule has 0 radical (unpaired) electrons. The molecular formula is C15H22O2. The maximum atomic E-state index is 12.1. The molecule has 0 aromatic rings. The van der Waals surface area contributed by atoms with Gasteiger partial charge in [0.2, 0.25) is 0 Å². The topological polar surface area (TPSA) is 37.3 Å². The molecular weight excluding hydrogens is 212 g/mol. The summed E-state index contributed by atoms with van der Waals surface area (Å²) in [5.41, 5.74) is 2.51. The van der Waals surface area contributed by atoms with Crippen LogP contribution in [-0.4, -0.2) is 16.5 Å². The van der Waals surface area contributed by atoms with E-state index < -0.39 is 5.60 Å². The first-order chi connectivity index (χ1) is 7.83. The van der Waals surface area contributed by atoms with Gasteiger partial charge in [0.05, 0.1) is 5.60 Å². The van der Waals surface area contributed by atoms with Crippen LogP contribution in [0, 0.1) is 11.8 Å². The first-order valence-corrected chi connectivity index (χ1v) is 6.44. The minimum Gasteiger partial charge on any atom is -0.390 e. The summed E-state index contributed by atoms with van der Waals surface area (Å²) in [6, 6.07) is 0. The molecule has 0 aromatic heterocycles. The molecule has 2 nitrogen and oxygen atoms in total. The van der Waals surface area contributed by atoms with Crippen molar-refractivity contribution in [3.63, 3.8) is 0 Å². The fourth-order valence-electron chi connectivity index (χ4n) is 3.35. The zero-order valence-corrected chi connectivity index (χ0v) is 11.2. The molecule has 1 fully saturated rings. The molecule has 0 amide bonds. The number of hydrogen-bond acceptors (Lipinski definition) is 2. The zero-order chi connectivity index (χ0) is 12.8. The number of allylic oxidation sites excluding steroid dienone is 4. The number of rotatable bonds is 0. The van der Waals surface area contributed by atoms with Crippen molar-refractivity contribution in [2.75, 3.05) is 0 Å². The summed E-state index contributed by atoms with van der Waals surface area (Å²) >= 11 is 0. The van der Waals surface area contributed by atoms with Crippen LogP contribution in [0.4, 0.5) is 0 Å². The summed E-state index contributed by atoms with van der Waals surface area (Å²) in [6.45, 7) is 7.93. The maximum Gasteiger partial charge on any atom is 0.181 e. The SMILES string of the molecule is CC1=CC(=O)C(=C(C)C)C[C@H]2[C@@H]1CC[C@]2(C)O. The molecule has 0 aromatic carbocycles. The van der Waals surface area contributed by atoms with E-state index in [9.17, 15) is 9.90 Å². The van der Waals surface area contributed by atoms with Gasteiger partial charge in [0.1, 0.15) is 0 Å². The minimum absolute atomic E-state index is 0.146. The molecule has 17 heavy (non-hydrogen) atoms. The van der Waals surface area contributed by atoms with E-state index in [0.29, 0.717) is 5.92 Å². The molecule has 0 heterocycles. The molecule has 0 bridgehead atoms. The smallest absolute Gasteiger partial charge is 0.181 e. The van der Waals surface area contributed by atoms with E-state index in [1.807, 2.05) is 27.7 Å². The normalized spacial score (nSPS) is 37.6. The summed E-state index contributed by atoms with van der Waals surface area (Å²) < 4.78 is 0. The molecule has 0 saturated heterocycles. The van der Waals surface area contributed by atoms with Crippen LogP contribution in [0.25, 0.3) is 0 Å². The lowest BCUT2D eigenvalue weighted by Crippen LogP contribution is -2.32. The highest BCUT2D eigenvalue weighted by molar-refractivity contribution is 6.05. The van der Waals surface area contributed by atoms with Gasteiger partial charge >= 0.3 is 0 Å². The molecule has 94 valence electrons. The van der Waals surface area contributed by atoms with Crippen molar-refractivity contribution in [3.05, 3.63) is 22.8 Å². The van der Waals surface area contributed by atoms with Crippen LogP contribution in [0.3, 0.4) is 0 Å². The van der Waals surface area contributed by atoms with E-state index in [2.05, 4.69) is 0 Å². The van der Waals surface area contributed by atoms with Crippen LogP contribution >= 0.6 is 0 Å². The van der Waals surface area contributed by atoms with Crippen LogP contribution in [0.1, 0.15) is 47.0 Å². The largest absolute Gasteiger partial charge is 0.390 e. The van der Waals surface area contributed by atoms with Crippen molar-refractivity contribution in [3.8, 4) is 0 Å². The second-order valence-electron chi connectivity index (χ2n) is 6.04. The standard InChI is InChI=1S/C15H22O2/c1-9(2)12-8-13-11(5-6-15(13,4)17)10(3)7-14(12)16/h7,11,13,17H,5-6,8H2,1-4H3/t11-,13+,15+/m1/s1. The predicted molar refractivity (Wildman–Crippen MR) is 68.6 cm³/mol. The number of ketones is 1. The molecule has 1 N–H and O–H groups in total. The molecule has 2 aliphatic rings. The van der Waals surface area contributed by atoms with Gasteiger partial charge in [-0.05, 0) is 70.4 Å². The lowest BCUT2D eigenvalue weighted by Gasteiger charge is -2.29. The maximum absolute atomic E-state index is 12.1. The van der Waals surface area contributed by atoms with Gasteiger partial charge in [0.25, 0.3) is 0 Å². The summed E-state index contributed by atoms with van der Waals surface area (Å²) in [7, 11) is 0. The highest BCUT2D eigenvalue weighted by Gasteiger charge is 2.46. The van der Waals surface area contributed by atoms with Crippen LogP contribution in [0.15, 0.2) is 22.8 Å². The molecule has 2 aliphatic carbocycles. The van der Waals surface area contributed by atoms with Crippen molar-refractivity contribution in [1.29, 1.82) is 0 Å². The van der Waals surface area contributed by atoms with Gasteiger partial charge in [0.15, 0.2) is 5.78 Å². The minimum atomic E-state index is -0.620. The fourth-order valence-corrected chi connectivity index (χ4v) is 3.35. The van der Waals surface area contributed by atoms with Crippen molar-refractivity contribution in [2.45, 2.75) is 52.6 Å². The number of aliphatic hydroxyl groups is 1. The van der Waals surface area contributed by atoms with Gasteiger partial charge in [-0.15, -0.1) is 0 Å². The second kappa shape index (κ2) is 4.09. The molecule has 1 saturated carbocycles. The third-order valence-electron chi connectivity index (χ3n) is 4.51. The van der Waals surface area contributed by atoms with Crippen LogP contribution in [0.5, 0.6) is 0 Å². The molecule has 0 spiro atoms. The molecule has 2 heteroatoms. The van der Waals surface area contributed by atoms with Crippen LogP contribution < -0.4 is 0 Å². The highest BCUT2D eigenvalue weighted by Crippen LogP contribution is 2.48. The Hall–Kier alpha value is -0.890. The summed E-state index contributed by atoms with van der Waals surface area (Å²) in [4.78, 5) is 12.1. The fraction of sp³-hybridized carbons (Fsp3) is 0.667. The Morgan fingerprint density at radius 2 is 2.12 bits per heavy atom. The molecule has 2 rings (SSSR count). The first kappa shape index (κ1) is 12.6. The third kappa shape index (κ3) is 2.11. The van der Waals surface area contributed by atoms with Crippen molar-refractivity contribution < 1.29 is 9.90 Å². The van der Waals surface area contributed by atoms with E-state index in [1.165, 1.54) is 0 Å². The summed E-state index contributed by atoms with van der Waals surface area (Å²) in [6.07, 6.45) is 4.36. The van der Waals surface area contributed by atoms with Crippen molar-refractivity contribution in [1.82, 2.24) is 0 Å². The Balaban J connectivity index is 2.45. The predicted octanol–water partition coefficient (Wildman–Crippen LogP) is 3.02. The first-order valence-electron chi connectivity index (χ1n) is 6.44. The Kier molecular flexibility index (Phi) is 3.03. The molecule has 0 aliphatic heterocycles. The Morgan fingerprint density at radius 3 is 2.71 bits per heavy atom. The van der Waals surface area contributed by atoms with Gasteiger partial charge in [-0.2, -0.15) is 0 Å². The average molecular weight is 234 g/mol.